The molecule has 1 amide bonds. The highest BCUT2D eigenvalue weighted by Crippen LogP contribution is 2.36. The summed E-state index contributed by atoms with van der Waals surface area (Å²) in [6.45, 7) is 0.687. The van der Waals surface area contributed by atoms with E-state index in [1.54, 1.807) is 18.2 Å². The van der Waals surface area contributed by atoms with Crippen LogP contribution in [0.1, 0.15) is 31.4 Å². The summed E-state index contributed by atoms with van der Waals surface area (Å²) in [5, 5.41) is 1.22. The van der Waals surface area contributed by atoms with Crippen LogP contribution in [-0.2, 0) is 4.79 Å². The van der Waals surface area contributed by atoms with Gasteiger partial charge in [-0.05, 0) is 37.1 Å². The first-order valence-electron chi connectivity index (χ1n) is 7.39. The van der Waals surface area contributed by atoms with E-state index in [-0.39, 0.29) is 18.2 Å². The van der Waals surface area contributed by atoms with Crippen LogP contribution in [0.3, 0.4) is 0 Å². The van der Waals surface area contributed by atoms with Crippen molar-refractivity contribution in [2.75, 3.05) is 11.4 Å². The number of anilines is 1. The van der Waals surface area contributed by atoms with E-state index in [1.165, 1.54) is 6.07 Å². The smallest absolute Gasteiger partial charge is 0.280 e. The molecule has 4 nitrogen and oxygen atoms in total. The molecule has 1 aliphatic heterocycles. The van der Waals surface area contributed by atoms with Gasteiger partial charge in [0.2, 0.25) is 5.91 Å². The maximum absolute atomic E-state index is 13.2. The number of carbonyl (C=O) groups is 1. The third-order valence-electron chi connectivity index (χ3n) is 4.12. The lowest BCUT2D eigenvalue weighted by atomic mass is 10.1. The zero-order chi connectivity index (χ0) is 16.6. The van der Waals surface area contributed by atoms with Gasteiger partial charge in [0.1, 0.15) is 5.69 Å². The lowest BCUT2D eigenvalue weighted by Crippen LogP contribution is -2.33. The lowest BCUT2D eigenvalue weighted by Gasteiger charge is -2.27. The third-order valence-corrected chi connectivity index (χ3v) is 4.35. The summed E-state index contributed by atoms with van der Waals surface area (Å²) in [6, 6.07) is 6.28. The first-order chi connectivity index (χ1) is 11.0. The van der Waals surface area contributed by atoms with E-state index in [2.05, 4.69) is 4.98 Å². The fourth-order valence-electron chi connectivity index (χ4n) is 3.15. The largest absolute Gasteiger partial charge is 0.370 e. The molecule has 1 atom stereocenters. The van der Waals surface area contributed by atoms with E-state index in [4.69, 9.17) is 17.3 Å². The molecule has 1 unspecified atom stereocenters. The van der Waals surface area contributed by atoms with Crippen molar-refractivity contribution in [2.45, 2.75) is 31.7 Å². The second-order valence-electron chi connectivity index (χ2n) is 5.69. The molecule has 23 heavy (non-hydrogen) atoms. The van der Waals surface area contributed by atoms with Crippen LogP contribution in [0, 0.1) is 0 Å². The van der Waals surface area contributed by atoms with Crippen LogP contribution in [0.4, 0.5) is 14.5 Å². The number of pyridine rings is 1. The monoisotopic (exact) mass is 339 g/mol. The molecule has 7 heteroatoms. The van der Waals surface area contributed by atoms with Gasteiger partial charge in [0.05, 0.1) is 5.52 Å². The average molecular weight is 340 g/mol. The van der Waals surface area contributed by atoms with E-state index in [9.17, 15) is 13.6 Å². The second kappa shape index (κ2) is 6.28. The molecule has 1 saturated heterocycles. The van der Waals surface area contributed by atoms with Gasteiger partial charge in [-0.3, -0.25) is 4.79 Å². The van der Waals surface area contributed by atoms with Gasteiger partial charge in [0, 0.05) is 35.1 Å². The molecule has 0 spiro atoms. The Kier molecular flexibility index (Phi) is 4.35. The number of carbonyl (C=O) groups excluding carboxylic acids is 1. The minimum atomic E-state index is -2.66. The van der Waals surface area contributed by atoms with Crippen molar-refractivity contribution >= 4 is 34.1 Å². The number of nitrogens with zero attached hydrogens (tertiary/aromatic N) is 2. The lowest BCUT2D eigenvalue weighted by molar-refractivity contribution is -0.118. The first kappa shape index (κ1) is 15.9. The molecule has 2 N–H and O–H groups in total. The van der Waals surface area contributed by atoms with E-state index in [1.807, 2.05) is 4.90 Å². The summed E-state index contributed by atoms with van der Waals surface area (Å²) in [4.78, 5) is 17.2. The van der Waals surface area contributed by atoms with Crippen molar-refractivity contribution in [1.82, 2.24) is 4.98 Å². The number of hydrogen-bond donors (Lipinski definition) is 1. The predicted octanol–water partition coefficient (Wildman–Crippen LogP) is 3.67. The molecule has 0 radical (unpaired) electrons. The van der Waals surface area contributed by atoms with Crippen molar-refractivity contribution in [2.24, 2.45) is 5.73 Å². The van der Waals surface area contributed by atoms with Crippen molar-refractivity contribution in [3.05, 3.63) is 35.0 Å². The maximum atomic E-state index is 13.2. The molecule has 1 aliphatic rings. The molecule has 0 bridgehead atoms. The van der Waals surface area contributed by atoms with Crippen LogP contribution in [0.2, 0.25) is 5.02 Å². The summed E-state index contributed by atoms with van der Waals surface area (Å²) in [6.07, 6.45) is -0.774. The Morgan fingerprint density at radius 3 is 2.91 bits per heavy atom. The molecule has 0 saturated carbocycles. The number of rotatable bonds is 4. The number of benzene rings is 1. The van der Waals surface area contributed by atoms with E-state index < -0.39 is 12.3 Å². The van der Waals surface area contributed by atoms with Gasteiger partial charge in [-0.1, -0.05) is 11.6 Å². The average Bonchev–Trinajstić information content (AvgIpc) is 2.93. The normalized spacial score (nSPS) is 18.1. The third kappa shape index (κ3) is 3.22. The summed E-state index contributed by atoms with van der Waals surface area (Å²) in [7, 11) is 0. The molecule has 1 aromatic carbocycles. The highest BCUT2D eigenvalue weighted by molar-refractivity contribution is 6.31. The number of fused-ring (bicyclic) bond motifs is 1. The number of alkyl halides is 2. The number of aromatic nitrogens is 1. The number of amides is 1. The van der Waals surface area contributed by atoms with Crippen LogP contribution in [-0.4, -0.2) is 23.5 Å². The van der Waals surface area contributed by atoms with E-state index in [0.29, 0.717) is 28.2 Å². The number of halogens is 3. The Labute approximate surface area is 137 Å². The van der Waals surface area contributed by atoms with Gasteiger partial charge in [0.15, 0.2) is 0 Å². The SMILES string of the molecule is NC(=O)CC1CCCN1c1cc(C(F)F)nc2ccc(Cl)cc12. The molecular weight excluding hydrogens is 324 g/mol. The van der Waals surface area contributed by atoms with Crippen LogP contribution in [0.15, 0.2) is 24.3 Å². The topological polar surface area (TPSA) is 59.2 Å². The highest BCUT2D eigenvalue weighted by atomic mass is 35.5. The Hall–Kier alpha value is -1.95. The predicted molar refractivity (Wildman–Crippen MR) is 85.9 cm³/mol. The molecular formula is C16H16ClF2N3O. The van der Waals surface area contributed by atoms with Gasteiger partial charge < -0.3 is 10.6 Å². The minimum Gasteiger partial charge on any atom is -0.370 e. The van der Waals surface area contributed by atoms with Gasteiger partial charge in [-0.2, -0.15) is 0 Å². The Bertz CT molecular complexity index is 753. The number of hydrogen-bond acceptors (Lipinski definition) is 3. The Morgan fingerprint density at radius 1 is 1.43 bits per heavy atom. The van der Waals surface area contributed by atoms with E-state index >= 15 is 0 Å². The van der Waals surface area contributed by atoms with Gasteiger partial charge in [-0.25, -0.2) is 13.8 Å². The number of nitrogens with two attached hydrogens (primary N) is 1. The highest BCUT2D eigenvalue weighted by Gasteiger charge is 2.28. The maximum Gasteiger partial charge on any atom is 0.280 e. The summed E-state index contributed by atoms with van der Waals surface area (Å²) in [5.74, 6) is -0.396. The van der Waals surface area contributed by atoms with Crippen molar-refractivity contribution in [1.29, 1.82) is 0 Å². The van der Waals surface area contributed by atoms with Crippen molar-refractivity contribution in [3.63, 3.8) is 0 Å². The molecule has 1 aromatic heterocycles. The Morgan fingerprint density at radius 2 is 2.22 bits per heavy atom. The zero-order valence-electron chi connectivity index (χ0n) is 12.3. The van der Waals surface area contributed by atoms with Crippen molar-refractivity contribution < 1.29 is 13.6 Å². The molecule has 0 aliphatic carbocycles. The van der Waals surface area contributed by atoms with Crippen LogP contribution < -0.4 is 10.6 Å². The van der Waals surface area contributed by atoms with Gasteiger partial charge in [0.25, 0.3) is 6.43 Å². The summed E-state index contributed by atoms with van der Waals surface area (Å²) in [5.41, 5.74) is 6.13. The first-order valence-corrected chi connectivity index (χ1v) is 7.77. The molecule has 122 valence electrons. The zero-order valence-corrected chi connectivity index (χ0v) is 13.1. The van der Waals surface area contributed by atoms with Gasteiger partial charge in [-0.15, -0.1) is 0 Å². The summed E-state index contributed by atoms with van der Waals surface area (Å²) >= 11 is 6.05. The summed E-state index contributed by atoms with van der Waals surface area (Å²) < 4.78 is 26.3. The van der Waals surface area contributed by atoms with Crippen LogP contribution in [0.25, 0.3) is 10.9 Å². The molecule has 3 rings (SSSR count). The van der Waals surface area contributed by atoms with Crippen molar-refractivity contribution in [3.8, 4) is 0 Å². The molecule has 2 aromatic rings. The standard InChI is InChI=1S/C16H16ClF2N3O/c17-9-3-4-12-11(6-9)14(8-13(21-12)16(18)19)22-5-1-2-10(22)7-15(20)23/h3-4,6,8,10,16H,1-2,5,7H2,(H2,20,23). The van der Waals surface area contributed by atoms with E-state index in [0.717, 1.165) is 12.8 Å². The number of primary amides is 1. The van der Waals surface area contributed by atoms with Gasteiger partial charge >= 0.3 is 0 Å². The Balaban J connectivity index is 2.13. The fraction of sp³-hybridized carbons (Fsp3) is 0.375. The fourth-order valence-corrected chi connectivity index (χ4v) is 3.32. The van der Waals surface area contributed by atoms with Crippen LogP contribution in [0.5, 0.6) is 0 Å². The molecule has 1 fully saturated rings. The molecule has 2 heterocycles. The minimum absolute atomic E-state index is 0.0809. The van der Waals surface area contributed by atoms with Crippen LogP contribution >= 0.6 is 11.6 Å². The quantitative estimate of drug-likeness (QED) is 0.924. The second-order valence-corrected chi connectivity index (χ2v) is 6.12.